The van der Waals surface area contributed by atoms with Crippen LogP contribution >= 0.6 is 0 Å². The monoisotopic (exact) mass is 327 g/mol. The molecule has 0 unspecified atom stereocenters. The Balaban J connectivity index is 1.76. The van der Waals surface area contributed by atoms with Crippen molar-refractivity contribution >= 4 is 10.0 Å². The van der Waals surface area contributed by atoms with Crippen molar-refractivity contribution in [2.75, 3.05) is 0 Å². The van der Waals surface area contributed by atoms with Gasteiger partial charge in [0.1, 0.15) is 0 Å². The largest absolute Gasteiger partial charge is 0.333 e. The van der Waals surface area contributed by atoms with Gasteiger partial charge in [0.25, 0.3) is 0 Å². The van der Waals surface area contributed by atoms with Gasteiger partial charge >= 0.3 is 0 Å². The molecule has 0 saturated heterocycles. The summed E-state index contributed by atoms with van der Waals surface area (Å²) in [5.74, 6) is 0. The van der Waals surface area contributed by atoms with Crippen LogP contribution in [0.2, 0.25) is 0 Å². The van der Waals surface area contributed by atoms with Crippen LogP contribution in [-0.2, 0) is 23.1 Å². The Morgan fingerprint density at radius 3 is 2.35 bits per heavy atom. The van der Waals surface area contributed by atoms with Crippen LogP contribution in [0, 0.1) is 0 Å². The lowest BCUT2D eigenvalue weighted by atomic mass is 10.1. The van der Waals surface area contributed by atoms with E-state index in [1.165, 1.54) is 0 Å². The minimum Gasteiger partial charge on any atom is -0.333 e. The summed E-state index contributed by atoms with van der Waals surface area (Å²) in [6, 6.07) is 16.2. The van der Waals surface area contributed by atoms with Crippen LogP contribution in [0.1, 0.15) is 11.1 Å². The third kappa shape index (κ3) is 3.85. The zero-order valence-corrected chi connectivity index (χ0v) is 13.3. The Hall–Kier alpha value is -2.44. The number of imidazole rings is 1. The Labute approximate surface area is 135 Å². The number of hydrogen-bond donors (Lipinski definition) is 1. The Morgan fingerprint density at radius 1 is 0.957 bits per heavy atom. The second kappa shape index (κ2) is 6.76. The van der Waals surface area contributed by atoms with E-state index < -0.39 is 10.0 Å². The van der Waals surface area contributed by atoms with Crippen LogP contribution in [0.25, 0.3) is 0 Å². The van der Waals surface area contributed by atoms with Gasteiger partial charge in [-0.1, -0.05) is 42.5 Å². The molecule has 0 atom stereocenters. The van der Waals surface area contributed by atoms with Crippen molar-refractivity contribution in [2.24, 2.45) is 0 Å². The van der Waals surface area contributed by atoms with Crippen LogP contribution in [0.4, 0.5) is 0 Å². The van der Waals surface area contributed by atoms with Crippen LogP contribution in [-0.4, -0.2) is 18.0 Å². The quantitative estimate of drug-likeness (QED) is 0.756. The first-order chi connectivity index (χ1) is 11.1. The minimum absolute atomic E-state index is 0.252. The fourth-order valence-corrected chi connectivity index (χ4v) is 3.34. The lowest BCUT2D eigenvalue weighted by molar-refractivity contribution is 0.581. The van der Waals surface area contributed by atoms with Gasteiger partial charge in [0.2, 0.25) is 10.0 Å². The molecule has 3 rings (SSSR count). The maximum absolute atomic E-state index is 12.3. The molecule has 0 aliphatic carbocycles. The number of nitrogens with one attached hydrogen (secondary N) is 1. The molecule has 1 N–H and O–H groups in total. The van der Waals surface area contributed by atoms with Crippen molar-refractivity contribution in [1.29, 1.82) is 0 Å². The topological polar surface area (TPSA) is 64.0 Å². The minimum atomic E-state index is -3.51. The van der Waals surface area contributed by atoms with E-state index in [1.807, 2.05) is 35.0 Å². The Bertz CT molecular complexity index is 860. The second-order valence-electron chi connectivity index (χ2n) is 5.14. The van der Waals surface area contributed by atoms with Crippen molar-refractivity contribution in [1.82, 2.24) is 14.3 Å². The average molecular weight is 327 g/mol. The number of aromatic nitrogens is 2. The van der Waals surface area contributed by atoms with Crippen LogP contribution in [0.3, 0.4) is 0 Å². The number of sulfonamides is 1. The number of nitrogens with zero attached hydrogens (tertiary/aromatic N) is 2. The molecule has 118 valence electrons. The zero-order chi connectivity index (χ0) is 16.1. The van der Waals surface area contributed by atoms with Gasteiger partial charge in [0.05, 0.1) is 11.2 Å². The molecule has 5 nitrogen and oxygen atoms in total. The summed E-state index contributed by atoms with van der Waals surface area (Å²) >= 11 is 0. The molecule has 0 amide bonds. The van der Waals surface area contributed by atoms with E-state index in [2.05, 4.69) is 9.71 Å². The molecule has 0 bridgehead atoms. The van der Waals surface area contributed by atoms with E-state index in [0.29, 0.717) is 6.54 Å². The number of hydrogen-bond acceptors (Lipinski definition) is 3. The first-order valence-electron chi connectivity index (χ1n) is 7.22. The summed E-state index contributed by atoms with van der Waals surface area (Å²) in [5.41, 5.74) is 2.00. The third-order valence-electron chi connectivity index (χ3n) is 3.54. The maximum Gasteiger partial charge on any atom is 0.240 e. The Kier molecular flexibility index (Phi) is 4.55. The van der Waals surface area contributed by atoms with E-state index in [0.717, 1.165) is 11.1 Å². The second-order valence-corrected chi connectivity index (χ2v) is 6.91. The van der Waals surface area contributed by atoms with Gasteiger partial charge in [0.15, 0.2) is 0 Å². The highest BCUT2D eigenvalue weighted by atomic mass is 32.2. The van der Waals surface area contributed by atoms with Gasteiger partial charge in [-0.25, -0.2) is 18.1 Å². The molecule has 6 heteroatoms. The zero-order valence-electron chi connectivity index (χ0n) is 12.5. The van der Waals surface area contributed by atoms with E-state index in [4.69, 9.17) is 0 Å². The predicted octanol–water partition coefficient (Wildman–Crippen LogP) is 2.41. The summed E-state index contributed by atoms with van der Waals surface area (Å²) in [5, 5.41) is 0. The summed E-state index contributed by atoms with van der Waals surface area (Å²) in [7, 11) is -3.51. The highest BCUT2D eigenvalue weighted by molar-refractivity contribution is 7.89. The van der Waals surface area contributed by atoms with Crippen molar-refractivity contribution in [3.8, 4) is 0 Å². The molecule has 2 aromatic carbocycles. The normalized spacial score (nSPS) is 11.5. The molecule has 0 fully saturated rings. The van der Waals surface area contributed by atoms with Crippen molar-refractivity contribution < 1.29 is 8.42 Å². The van der Waals surface area contributed by atoms with Gasteiger partial charge < -0.3 is 4.57 Å². The first kappa shape index (κ1) is 15.5. The van der Waals surface area contributed by atoms with Crippen LogP contribution in [0.5, 0.6) is 0 Å². The van der Waals surface area contributed by atoms with E-state index >= 15 is 0 Å². The van der Waals surface area contributed by atoms with Gasteiger partial charge in [0, 0.05) is 25.5 Å². The van der Waals surface area contributed by atoms with Gasteiger partial charge in [-0.3, -0.25) is 0 Å². The van der Waals surface area contributed by atoms with Crippen molar-refractivity contribution in [3.63, 3.8) is 0 Å². The molecular weight excluding hydrogens is 310 g/mol. The van der Waals surface area contributed by atoms with Gasteiger partial charge in [-0.05, 0) is 23.3 Å². The molecule has 0 aliphatic rings. The van der Waals surface area contributed by atoms with E-state index in [-0.39, 0.29) is 11.4 Å². The fourth-order valence-electron chi connectivity index (χ4n) is 2.32. The third-order valence-corrected chi connectivity index (χ3v) is 4.95. The molecule has 3 aromatic rings. The summed E-state index contributed by atoms with van der Waals surface area (Å²) in [6.07, 6.45) is 5.34. The molecule has 0 radical (unpaired) electrons. The first-order valence-corrected chi connectivity index (χ1v) is 8.71. The molecule has 0 saturated carbocycles. The van der Waals surface area contributed by atoms with Crippen LogP contribution in [0.15, 0.2) is 78.2 Å². The van der Waals surface area contributed by atoms with E-state index in [1.54, 1.807) is 42.9 Å². The van der Waals surface area contributed by atoms with Gasteiger partial charge in [-0.15, -0.1) is 0 Å². The smallest absolute Gasteiger partial charge is 0.240 e. The fraction of sp³-hybridized carbons (Fsp3) is 0.118. The average Bonchev–Trinajstić information content (AvgIpc) is 3.08. The van der Waals surface area contributed by atoms with Gasteiger partial charge in [-0.2, -0.15) is 0 Å². The molecule has 23 heavy (non-hydrogen) atoms. The van der Waals surface area contributed by atoms with E-state index in [9.17, 15) is 8.42 Å². The number of rotatable bonds is 6. The lowest BCUT2D eigenvalue weighted by Crippen LogP contribution is -2.24. The van der Waals surface area contributed by atoms with Crippen molar-refractivity contribution in [2.45, 2.75) is 18.0 Å². The summed E-state index contributed by atoms with van der Waals surface area (Å²) in [6.45, 7) is 0.908. The summed E-state index contributed by atoms with van der Waals surface area (Å²) in [4.78, 5) is 4.29. The molecule has 0 spiro atoms. The Morgan fingerprint density at radius 2 is 1.65 bits per heavy atom. The SMILES string of the molecule is O=S(=O)(NCc1ccccc1Cn1ccnc1)c1ccccc1. The molecule has 0 aliphatic heterocycles. The lowest BCUT2D eigenvalue weighted by Gasteiger charge is -2.11. The highest BCUT2D eigenvalue weighted by Crippen LogP contribution is 2.13. The summed E-state index contributed by atoms with van der Waals surface area (Å²) < 4.78 is 29.2. The highest BCUT2D eigenvalue weighted by Gasteiger charge is 2.13. The molecule has 1 heterocycles. The standard InChI is InChI=1S/C17H17N3O2S/c21-23(22,17-8-2-1-3-9-17)19-12-15-6-4-5-7-16(15)13-20-11-10-18-14-20/h1-11,14,19H,12-13H2. The number of benzene rings is 2. The molecule has 1 aromatic heterocycles. The van der Waals surface area contributed by atoms with Crippen molar-refractivity contribution in [3.05, 3.63) is 84.4 Å². The van der Waals surface area contributed by atoms with Crippen LogP contribution < -0.4 is 4.72 Å². The molecular formula is C17H17N3O2S. The maximum atomic E-state index is 12.3. The predicted molar refractivity (Wildman–Crippen MR) is 88.2 cm³/mol.